The van der Waals surface area contributed by atoms with Gasteiger partial charge < -0.3 is 0 Å². The minimum absolute atomic E-state index is 0.0454. The summed E-state index contributed by atoms with van der Waals surface area (Å²) >= 11 is 5.24. The molecule has 0 atom stereocenters. The Labute approximate surface area is 85.6 Å². The fourth-order valence-electron chi connectivity index (χ4n) is 1.25. The summed E-state index contributed by atoms with van der Waals surface area (Å²) in [5, 5.41) is 9.90. The molecule has 0 aliphatic carbocycles. The Morgan fingerprint density at radius 1 is 1.57 bits per heavy atom. The Bertz CT molecular complexity index is 390. The Morgan fingerprint density at radius 3 is 2.64 bits per heavy atom. The van der Waals surface area contributed by atoms with Crippen molar-refractivity contribution in [2.24, 2.45) is 0 Å². The number of benzene rings is 1. The van der Waals surface area contributed by atoms with Gasteiger partial charge in [-0.2, -0.15) is 0 Å². The summed E-state index contributed by atoms with van der Waals surface area (Å²) in [6, 6.07) is 4.55. The summed E-state index contributed by atoms with van der Waals surface area (Å²) in [6.07, 6.45) is 0.494. The molecule has 74 valence electrons. The molecule has 5 heteroatoms. The molecular weight excluding hydrogens is 206 g/mol. The van der Waals surface area contributed by atoms with Crippen LogP contribution in [0.25, 0.3) is 0 Å². The Hall–Kier alpha value is -1.42. The van der Waals surface area contributed by atoms with Crippen molar-refractivity contribution < 1.29 is 9.72 Å². The molecule has 1 aromatic carbocycles. The lowest BCUT2D eigenvalue weighted by atomic mass is 10.1. The second-order valence-corrected chi connectivity index (χ2v) is 3.04. The van der Waals surface area contributed by atoms with E-state index in [0.717, 1.165) is 0 Å². The summed E-state index contributed by atoms with van der Waals surface area (Å²) in [6.45, 7) is 1.78. The van der Waals surface area contributed by atoms with Gasteiger partial charge in [0.25, 0.3) is 10.9 Å². The van der Waals surface area contributed by atoms with Crippen molar-refractivity contribution >= 4 is 22.5 Å². The van der Waals surface area contributed by atoms with E-state index >= 15 is 0 Å². The van der Waals surface area contributed by atoms with Crippen LogP contribution in [0.5, 0.6) is 0 Å². The van der Waals surface area contributed by atoms with Gasteiger partial charge in [-0.25, -0.2) is 0 Å². The standard InChI is InChI=1S/C9H8ClNO3/c1-2-6-4-3-5-7(9(10)12)8(6)11(13)14/h3-5H,2H2,1H3. The first-order valence-electron chi connectivity index (χ1n) is 4.04. The summed E-state index contributed by atoms with van der Waals surface area (Å²) < 4.78 is 0. The molecule has 0 aliphatic rings. The zero-order valence-electron chi connectivity index (χ0n) is 7.49. The van der Waals surface area contributed by atoms with Crippen molar-refractivity contribution in [1.29, 1.82) is 0 Å². The summed E-state index contributed by atoms with van der Waals surface area (Å²) in [4.78, 5) is 21.0. The molecule has 0 radical (unpaired) electrons. The normalized spacial score (nSPS) is 9.86. The summed E-state index contributed by atoms with van der Waals surface area (Å²) in [7, 11) is 0. The fraction of sp³-hybridized carbons (Fsp3) is 0.222. The maximum Gasteiger partial charge on any atom is 0.284 e. The van der Waals surface area contributed by atoms with E-state index in [1.807, 2.05) is 0 Å². The van der Waals surface area contributed by atoms with E-state index in [1.165, 1.54) is 6.07 Å². The van der Waals surface area contributed by atoms with E-state index in [2.05, 4.69) is 0 Å². The number of rotatable bonds is 3. The zero-order chi connectivity index (χ0) is 10.7. The molecule has 0 aliphatic heterocycles. The third-order valence-electron chi connectivity index (χ3n) is 1.89. The molecule has 4 nitrogen and oxygen atoms in total. The number of carbonyl (C=O) groups is 1. The van der Waals surface area contributed by atoms with Crippen LogP contribution in [0, 0.1) is 10.1 Å². The number of para-hydroxylation sites is 1. The number of carbonyl (C=O) groups excluding carboxylic acids is 1. The number of hydrogen-bond donors (Lipinski definition) is 0. The van der Waals surface area contributed by atoms with Crippen molar-refractivity contribution in [1.82, 2.24) is 0 Å². The highest BCUT2D eigenvalue weighted by atomic mass is 35.5. The highest BCUT2D eigenvalue weighted by molar-refractivity contribution is 6.68. The van der Waals surface area contributed by atoms with Gasteiger partial charge in [-0.1, -0.05) is 19.1 Å². The number of aryl methyl sites for hydroxylation is 1. The molecule has 0 unspecified atom stereocenters. The molecule has 0 saturated carbocycles. The van der Waals surface area contributed by atoms with Crippen LogP contribution in [0.15, 0.2) is 18.2 Å². The highest BCUT2D eigenvalue weighted by Gasteiger charge is 2.21. The Kier molecular flexibility index (Phi) is 3.19. The Morgan fingerprint density at radius 2 is 2.21 bits per heavy atom. The molecule has 0 fully saturated rings. The number of hydrogen-bond acceptors (Lipinski definition) is 3. The van der Waals surface area contributed by atoms with Gasteiger partial charge in [-0.15, -0.1) is 0 Å². The van der Waals surface area contributed by atoms with Crippen LogP contribution in [0.3, 0.4) is 0 Å². The zero-order valence-corrected chi connectivity index (χ0v) is 8.25. The van der Waals surface area contributed by atoms with Gasteiger partial charge in [0.1, 0.15) is 5.56 Å². The van der Waals surface area contributed by atoms with Crippen LogP contribution in [0.2, 0.25) is 0 Å². The molecule has 0 amide bonds. The molecule has 0 aromatic heterocycles. The average Bonchev–Trinajstić information content (AvgIpc) is 2.16. The Balaban J connectivity index is 3.43. The van der Waals surface area contributed by atoms with Crippen LogP contribution in [0.4, 0.5) is 5.69 Å². The first kappa shape index (κ1) is 10.7. The summed E-state index contributed by atoms with van der Waals surface area (Å²) in [5.41, 5.74) is 0.285. The van der Waals surface area contributed by atoms with Crippen LogP contribution < -0.4 is 0 Å². The molecule has 1 rings (SSSR count). The fourth-order valence-corrected chi connectivity index (χ4v) is 1.40. The van der Waals surface area contributed by atoms with Gasteiger partial charge in [-0.05, 0) is 24.1 Å². The average molecular weight is 214 g/mol. The van der Waals surface area contributed by atoms with Gasteiger partial charge >= 0.3 is 0 Å². The molecule has 0 bridgehead atoms. The van der Waals surface area contributed by atoms with Gasteiger partial charge in [0.15, 0.2) is 0 Å². The van der Waals surface area contributed by atoms with Gasteiger partial charge in [0, 0.05) is 5.56 Å². The van der Waals surface area contributed by atoms with E-state index in [-0.39, 0.29) is 11.3 Å². The topological polar surface area (TPSA) is 60.2 Å². The largest absolute Gasteiger partial charge is 0.284 e. The number of nitrogens with zero attached hydrogens (tertiary/aromatic N) is 1. The SMILES string of the molecule is CCc1cccc(C(=O)Cl)c1[N+](=O)[O-]. The second-order valence-electron chi connectivity index (χ2n) is 2.70. The quantitative estimate of drug-likeness (QED) is 0.440. The van der Waals surface area contributed by atoms with E-state index in [4.69, 9.17) is 11.6 Å². The lowest BCUT2D eigenvalue weighted by Crippen LogP contribution is -2.01. The van der Waals surface area contributed by atoms with Crippen LogP contribution in [-0.2, 0) is 6.42 Å². The van der Waals surface area contributed by atoms with Gasteiger partial charge in [0.2, 0.25) is 0 Å². The van der Waals surface area contributed by atoms with Crippen molar-refractivity contribution in [3.63, 3.8) is 0 Å². The molecule has 1 aromatic rings. The molecule has 0 saturated heterocycles. The lowest BCUT2D eigenvalue weighted by Gasteiger charge is -2.02. The smallest absolute Gasteiger partial charge is 0.275 e. The predicted molar refractivity (Wildman–Crippen MR) is 52.7 cm³/mol. The van der Waals surface area contributed by atoms with E-state index in [9.17, 15) is 14.9 Å². The third kappa shape index (κ3) is 1.90. The molecule has 0 heterocycles. The first-order valence-corrected chi connectivity index (χ1v) is 4.41. The van der Waals surface area contributed by atoms with E-state index in [0.29, 0.717) is 12.0 Å². The number of nitro benzene ring substituents is 1. The van der Waals surface area contributed by atoms with Gasteiger partial charge in [0.05, 0.1) is 4.92 Å². The minimum atomic E-state index is -0.799. The maximum absolute atomic E-state index is 10.9. The van der Waals surface area contributed by atoms with E-state index in [1.54, 1.807) is 19.1 Å². The molecule has 14 heavy (non-hydrogen) atoms. The predicted octanol–water partition coefficient (Wildman–Crippen LogP) is 2.54. The van der Waals surface area contributed by atoms with E-state index < -0.39 is 10.2 Å². The van der Waals surface area contributed by atoms with Crippen molar-refractivity contribution in [2.75, 3.05) is 0 Å². The minimum Gasteiger partial charge on any atom is -0.275 e. The maximum atomic E-state index is 10.9. The second kappa shape index (κ2) is 4.19. The molecule has 0 spiro atoms. The monoisotopic (exact) mass is 213 g/mol. The van der Waals surface area contributed by atoms with Crippen LogP contribution in [0.1, 0.15) is 22.8 Å². The number of halogens is 1. The van der Waals surface area contributed by atoms with Gasteiger partial charge in [-0.3, -0.25) is 14.9 Å². The highest BCUT2D eigenvalue weighted by Crippen LogP contribution is 2.25. The molecular formula is C9H8ClNO3. The third-order valence-corrected chi connectivity index (χ3v) is 2.10. The van der Waals surface area contributed by atoms with Crippen molar-refractivity contribution in [2.45, 2.75) is 13.3 Å². The van der Waals surface area contributed by atoms with Crippen LogP contribution in [-0.4, -0.2) is 10.2 Å². The van der Waals surface area contributed by atoms with Crippen molar-refractivity contribution in [3.8, 4) is 0 Å². The summed E-state index contributed by atoms with van der Waals surface area (Å²) in [5.74, 6) is 0. The van der Waals surface area contributed by atoms with Crippen LogP contribution >= 0.6 is 11.6 Å². The first-order chi connectivity index (χ1) is 6.57. The van der Waals surface area contributed by atoms with Crippen molar-refractivity contribution in [3.05, 3.63) is 39.4 Å². The number of nitro groups is 1. The lowest BCUT2D eigenvalue weighted by molar-refractivity contribution is -0.385. The molecule has 0 N–H and O–H groups in total.